The Balaban J connectivity index is 2.53. The van der Waals surface area contributed by atoms with Gasteiger partial charge in [0, 0.05) is 18.4 Å². The summed E-state index contributed by atoms with van der Waals surface area (Å²) in [6, 6.07) is 7.33. The average molecular weight is 329 g/mol. The van der Waals surface area contributed by atoms with Crippen LogP contribution in [-0.2, 0) is 11.4 Å². The highest BCUT2D eigenvalue weighted by Crippen LogP contribution is 2.37. The third-order valence-corrected chi connectivity index (χ3v) is 4.16. The number of ketones is 1. The lowest BCUT2D eigenvalue weighted by atomic mass is 9.75. The molecule has 0 aromatic heterocycles. The molecule has 1 aromatic rings. The fourth-order valence-corrected chi connectivity index (χ4v) is 3.10. The summed E-state index contributed by atoms with van der Waals surface area (Å²) >= 11 is 0. The Bertz CT molecular complexity index is 684. The average Bonchev–Trinajstić information content (AvgIpc) is 2.44. The van der Waals surface area contributed by atoms with Crippen LogP contribution in [0.1, 0.15) is 52.5 Å². The number of carbonyl (C=O) groups is 1. The molecule has 0 fully saturated rings. The number of carbonyl (C=O) groups excluding carboxylic acids is 1. The molecule has 0 spiro atoms. The zero-order chi connectivity index (χ0) is 17.9. The van der Waals surface area contributed by atoms with Gasteiger partial charge in [-0.15, -0.1) is 0 Å². The van der Waals surface area contributed by atoms with E-state index in [-0.39, 0.29) is 23.6 Å². The van der Waals surface area contributed by atoms with Gasteiger partial charge < -0.3 is 10.2 Å². The fourth-order valence-electron chi connectivity index (χ4n) is 3.10. The van der Waals surface area contributed by atoms with Gasteiger partial charge in [-0.3, -0.25) is 9.79 Å². The van der Waals surface area contributed by atoms with Gasteiger partial charge in [-0.05, 0) is 23.8 Å². The van der Waals surface area contributed by atoms with Crippen LogP contribution in [-0.4, -0.2) is 21.7 Å². The van der Waals surface area contributed by atoms with Crippen molar-refractivity contribution in [2.24, 2.45) is 16.3 Å². The molecule has 24 heavy (non-hydrogen) atoms. The summed E-state index contributed by atoms with van der Waals surface area (Å²) in [5, 5.41) is 20.0. The zero-order valence-electron chi connectivity index (χ0n) is 15.0. The first-order valence-electron chi connectivity index (χ1n) is 8.45. The molecule has 0 amide bonds. The molecule has 2 N–H and O–H groups in total. The van der Waals surface area contributed by atoms with Crippen molar-refractivity contribution in [3.8, 4) is 0 Å². The van der Waals surface area contributed by atoms with Gasteiger partial charge in [0.25, 0.3) is 0 Å². The minimum absolute atomic E-state index is 0.0513. The molecule has 0 saturated heterocycles. The van der Waals surface area contributed by atoms with E-state index in [0.717, 1.165) is 0 Å². The Morgan fingerprint density at radius 1 is 1.25 bits per heavy atom. The number of rotatable bonds is 5. The topological polar surface area (TPSA) is 69.9 Å². The molecule has 2 rings (SSSR count). The van der Waals surface area contributed by atoms with Crippen LogP contribution in [0.3, 0.4) is 0 Å². The van der Waals surface area contributed by atoms with Gasteiger partial charge in [0.1, 0.15) is 5.76 Å². The monoisotopic (exact) mass is 329 g/mol. The summed E-state index contributed by atoms with van der Waals surface area (Å²) in [6.45, 7) is 7.97. The second kappa shape index (κ2) is 7.31. The number of allylic oxidation sites excluding steroid dienone is 2. The van der Waals surface area contributed by atoms with Gasteiger partial charge in [0.2, 0.25) is 0 Å². The fraction of sp³-hybridized carbons (Fsp3) is 0.500. The van der Waals surface area contributed by atoms with E-state index in [9.17, 15) is 15.0 Å². The normalized spacial score (nSPS) is 18.4. The van der Waals surface area contributed by atoms with Gasteiger partial charge in [-0.25, -0.2) is 0 Å². The summed E-state index contributed by atoms with van der Waals surface area (Å²) in [7, 11) is 0. The van der Waals surface area contributed by atoms with Crippen LogP contribution >= 0.6 is 0 Å². The number of hydrogen-bond acceptors (Lipinski definition) is 4. The van der Waals surface area contributed by atoms with Crippen molar-refractivity contribution in [3.05, 3.63) is 41.2 Å². The largest absolute Gasteiger partial charge is 0.511 e. The van der Waals surface area contributed by atoms with Crippen molar-refractivity contribution in [2.45, 2.75) is 53.6 Å². The SMILES string of the molecule is CC(C)CC(=Nc1ccccc1CO)C1=C(O)CC(C)(C)CC1=O. The van der Waals surface area contributed by atoms with E-state index in [1.54, 1.807) is 0 Å². The lowest BCUT2D eigenvalue weighted by Crippen LogP contribution is -2.29. The quantitative estimate of drug-likeness (QED) is 0.781. The summed E-state index contributed by atoms with van der Waals surface area (Å²) in [5.74, 6) is 0.384. The Morgan fingerprint density at radius 2 is 1.92 bits per heavy atom. The van der Waals surface area contributed by atoms with Gasteiger partial charge in [-0.1, -0.05) is 45.9 Å². The second-order valence-corrected chi connectivity index (χ2v) is 7.71. The molecule has 0 radical (unpaired) electrons. The molecular weight excluding hydrogens is 302 g/mol. The standard InChI is InChI=1S/C20H27NO3/c1-13(2)9-16(21-15-8-6-5-7-14(15)12-22)19-17(23)10-20(3,4)11-18(19)24/h5-8,13,22-23H,9-12H2,1-4H3. The van der Waals surface area contributed by atoms with Gasteiger partial charge >= 0.3 is 0 Å². The van der Waals surface area contributed by atoms with E-state index in [1.165, 1.54) is 0 Å². The second-order valence-electron chi connectivity index (χ2n) is 7.71. The van der Waals surface area contributed by atoms with Crippen LogP contribution in [0.4, 0.5) is 5.69 Å². The number of para-hydroxylation sites is 1. The van der Waals surface area contributed by atoms with E-state index in [2.05, 4.69) is 18.8 Å². The van der Waals surface area contributed by atoms with Gasteiger partial charge in [0.15, 0.2) is 5.78 Å². The van der Waals surface area contributed by atoms with E-state index >= 15 is 0 Å². The number of hydrogen-bond donors (Lipinski definition) is 2. The molecule has 4 nitrogen and oxygen atoms in total. The van der Waals surface area contributed by atoms with Crippen LogP contribution in [0.25, 0.3) is 0 Å². The molecule has 0 unspecified atom stereocenters. The molecule has 1 aliphatic rings. The van der Waals surface area contributed by atoms with Crippen molar-refractivity contribution < 1.29 is 15.0 Å². The first kappa shape index (κ1) is 18.4. The van der Waals surface area contributed by atoms with Crippen LogP contribution in [0, 0.1) is 11.3 Å². The predicted octanol–water partition coefficient (Wildman–Crippen LogP) is 4.50. The Kier molecular flexibility index (Phi) is 5.60. The van der Waals surface area contributed by atoms with Crippen molar-refractivity contribution in [1.82, 2.24) is 0 Å². The minimum Gasteiger partial charge on any atom is -0.511 e. The first-order chi connectivity index (χ1) is 11.2. The number of Topliss-reactive ketones (excluding diaryl/α,β-unsaturated/α-hetero) is 1. The number of aliphatic hydroxyl groups excluding tert-OH is 2. The molecule has 0 atom stereocenters. The van der Waals surface area contributed by atoms with Crippen molar-refractivity contribution >= 4 is 17.2 Å². The molecule has 0 heterocycles. The van der Waals surface area contributed by atoms with Gasteiger partial charge in [-0.2, -0.15) is 0 Å². The van der Waals surface area contributed by atoms with Crippen LogP contribution < -0.4 is 0 Å². The van der Waals surface area contributed by atoms with Crippen molar-refractivity contribution in [1.29, 1.82) is 0 Å². The van der Waals surface area contributed by atoms with E-state index < -0.39 is 0 Å². The number of aliphatic imine (C=N–C) groups is 1. The molecule has 1 aliphatic carbocycles. The van der Waals surface area contributed by atoms with E-state index in [0.29, 0.717) is 47.7 Å². The Hall–Kier alpha value is -1.94. The van der Waals surface area contributed by atoms with E-state index in [1.807, 2.05) is 38.1 Å². The molecular formula is C20H27NO3. The Morgan fingerprint density at radius 3 is 2.50 bits per heavy atom. The van der Waals surface area contributed by atoms with Crippen molar-refractivity contribution in [2.75, 3.05) is 0 Å². The number of aliphatic hydroxyl groups is 2. The maximum absolute atomic E-state index is 12.6. The molecule has 0 saturated carbocycles. The highest BCUT2D eigenvalue weighted by Gasteiger charge is 2.35. The predicted molar refractivity (Wildman–Crippen MR) is 96.6 cm³/mol. The summed E-state index contributed by atoms with van der Waals surface area (Å²) in [4.78, 5) is 17.3. The number of benzene rings is 1. The summed E-state index contributed by atoms with van der Waals surface area (Å²) in [5.41, 5.74) is 2.12. The highest BCUT2D eigenvalue weighted by molar-refractivity contribution is 6.23. The number of nitrogens with zero attached hydrogens (tertiary/aromatic N) is 1. The zero-order valence-corrected chi connectivity index (χ0v) is 15.0. The van der Waals surface area contributed by atoms with Crippen molar-refractivity contribution in [3.63, 3.8) is 0 Å². The summed E-state index contributed by atoms with van der Waals surface area (Å²) in [6.07, 6.45) is 1.49. The maximum atomic E-state index is 12.6. The smallest absolute Gasteiger partial charge is 0.168 e. The lowest BCUT2D eigenvalue weighted by Gasteiger charge is -2.30. The molecule has 1 aromatic carbocycles. The molecule has 0 bridgehead atoms. The maximum Gasteiger partial charge on any atom is 0.168 e. The molecule has 130 valence electrons. The highest BCUT2D eigenvalue weighted by atomic mass is 16.3. The third kappa shape index (κ3) is 4.32. The summed E-state index contributed by atoms with van der Waals surface area (Å²) < 4.78 is 0. The Labute approximate surface area is 143 Å². The first-order valence-corrected chi connectivity index (χ1v) is 8.45. The van der Waals surface area contributed by atoms with Gasteiger partial charge in [0.05, 0.1) is 23.6 Å². The van der Waals surface area contributed by atoms with E-state index in [4.69, 9.17) is 0 Å². The lowest BCUT2D eigenvalue weighted by molar-refractivity contribution is -0.117. The minimum atomic E-state index is -0.226. The van der Waals surface area contributed by atoms with Crippen LogP contribution in [0.2, 0.25) is 0 Å². The molecule has 4 heteroatoms. The third-order valence-electron chi connectivity index (χ3n) is 4.16. The molecule has 0 aliphatic heterocycles. The van der Waals surface area contributed by atoms with Crippen LogP contribution in [0.5, 0.6) is 0 Å². The van der Waals surface area contributed by atoms with Crippen LogP contribution in [0.15, 0.2) is 40.6 Å².